The number of anilines is 1. The number of pyridine rings is 1. The van der Waals surface area contributed by atoms with E-state index in [1.54, 1.807) is 0 Å². The van der Waals surface area contributed by atoms with Crippen LogP contribution >= 0.6 is 11.6 Å². The van der Waals surface area contributed by atoms with Gasteiger partial charge in [-0.2, -0.15) is 0 Å². The smallest absolute Gasteiger partial charge is 0.129 e. The lowest BCUT2D eigenvalue weighted by molar-refractivity contribution is 0.601. The zero-order valence-electron chi connectivity index (χ0n) is 12.5. The van der Waals surface area contributed by atoms with Crippen molar-refractivity contribution >= 4 is 17.4 Å². The molecule has 0 aromatic carbocycles. The highest BCUT2D eigenvalue weighted by Gasteiger charge is 2.30. The lowest BCUT2D eigenvalue weighted by atomic mass is 10.1. The second-order valence-corrected chi connectivity index (χ2v) is 6.59. The van der Waals surface area contributed by atoms with E-state index in [0.29, 0.717) is 23.8 Å². The molecule has 0 atom stereocenters. The minimum absolute atomic E-state index is 0.446. The Bertz CT molecular complexity index is 425. The zero-order chi connectivity index (χ0) is 14.0. The molecule has 1 heterocycles. The third-order valence-corrected chi connectivity index (χ3v) is 3.79. The predicted octanol–water partition coefficient (Wildman–Crippen LogP) is 4.57. The van der Waals surface area contributed by atoms with Crippen molar-refractivity contribution in [1.29, 1.82) is 0 Å². The molecule has 0 spiro atoms. The number of hydrogen-bond donors (Lipinski definition) is 0. The summed E-state index contributed by atoms with van der Waals surface area (Å²) in [6, 6.07) is 5.00. The maximum Gasteiger partial charge on any atom is 0.129 e. The van der Waals surface area contributed by atoms with E-state index in [1.807, 2.05) is 0 Å². The summed E-state index contributed by atoms with van der Waals surface area (Å²) in [5.74, 6) is 2.79. The molecule has 0 unspecified atom stereocenters. The van der Waals surface area contributed by atoms with Gasteiger partial charge in [-0.1, -0.05) is 27.7 Å². The fourth-order valence-electron chi connectivity index (χ4n) is 2.32. The van der Waals surface area contributed by atoms with Crippen molar-refractivity contribution < 1.29 is 0 Å². The highest BCUT2D eigenvalue weighted by Crippen LogP contribution is 2.32. The summed E-state index contributed by atoms with van der Waals surface area (Å²) in [5.41, 5.74) is 2.34. The van der Waals surface area contributed by atoms with Gasteiger partial charge in [0.2, 0.25) is 0 Å². The minimum atomic E-state index is 0.446. The fourth-order valence-corrected chi connectivity index (χ4v) is 2.48. The summed E-state index contributed by atoms with van der Waals surface area (Å²) in [7, 11) is 0. The van der Waals surface area contributed by atoms with E-state index < -0.39 is 0 Å². The Morgan fingerprint density at radius 3 is 2.42 bits per heavy atom. The molecule has 1 saturated carbocycles. The van der Waals surface area contributed by atoms with Crippen LogP contribution in [0.5, 0.6) is 0 Å². The SMILES string of the molecule is CC(C)CN(c1cc(CCl)cc(C(C)C)n1)C1CC1. The van der Waals surface area contributed by atoms with Gasteiger partial charge < -0.3 is 4.90 Å². The summed E-state index contributed by atoms with van der Waals surface area (Å²) in [6.45, 7) is 10.00. The summed E-state index contributed by atoms with van der Waals surface area (Å²) >= 11 is 6.03. The molecule has 0 saturated heterocycles. The minimum Gasteiger partial charge on any atom is -0.353 e. The fraction of sp³-hybridized carbons (Fsp3) is 0.688. The molecule has 0 bridgehead atoms. The average Bonchev–Trinajstić information content (AvgIpc) is 3.19. The largest absolute Gasteiger partial charge is 0.353 e. The van der Waals surface area contributed by atoms with Crippen LogP contribution in [0, 0.1) is 5.92 Å². The molecular weight excluding hydrogens is 256 g/mol. The van der Waals surface area contributed by atoms with Gasteiger partial charge in [-0.25, -0.2) is 4.98 Å². The molecule has 0 radical (unpaired) electrons. The first-order valence-corrected chi connectivity index (χ1v) is 7.88. The molecule has 1 fully saturated rings. The van der Waals surface area contributed by atoms with Crippen LogP contribution in [0.1, 0.15) is 57.7 Å². The van der Waals surface area contributed by atoms with Gasteiger partial charge >= 0.3 is 0 Å². The molecule has 1 aliphatic rings. The molecule has 0 aliphatic heterocycles. The summed E-state index contributed by atoms with van der Waals surface area (Å²) < 4.78 is 0. The number of rotatable bonds is 6. The lowest BCUT2D eigenvalue weighted by Gasteiger charge is -2.27. The number of alkyl halides is 1. The maximum absolute atomic E-state index is 6.03. The Hall–Kier alpha value is -0.760. The Kier molecular flexibility index (Phi) is 4.72. The molecule has 106 valence electrons. The third kappa shape index (κ3) is 3.85. The van der Waals surface area contributed by atoms with Crippen LogP contribution in [-0.2, 0) is 5.88 Å². The normalized spacial score (nSPS) is 15.3. The van der Waals surface area contributed by atoms with E-state index in [0.717, 1.165) is 18.1 Å². The summed E-state index contributed by atoms with van der Waals surface area (Å²) in [6.07, 6.45) is 2.60. The van der Waals surface area contributed by atoms with E-state index in [2.05, 4.69) is 44.7 Å². The van der Waals surface area contributed by atoms with E-state index in [-0.39, 0.29) is 0 Å². The third-order valence-electron chi connectivity index (χ3n) is 3.48. The molecular formula is C16H25ClN2. The van der Waals surface area contributed by atoms with Crippen LogP contribution in [0.15, 0.2) is 12.1 Å². The van der Waals surface area contributed by atoms with Crippen molar-refractivity contribution in [3.05, 3.63) is 23.4 Å². The maximum atomic E-state index is 6.03. The monoisotopic (exact) mass is 280 g/mol. The van der Waals surface area contributed by atoms with Crippen LogP contribution < -0.4 is 4.90 Å². The van der Waals surface area contributed by atoms with E-state index in [1.165, 1.54) is 18.4 Å². The molecule has 1 aromatic rings. The topological polar surface area (TPSA) is 16.1 Å². The molecule has 0 N–H and O–H groups in total. The molecule has 19 heavy (non-hydrogen) atoms. The van der Waals surface area contributed by atoms with Crippen LogP contribution in [-0.4, -0.2) is 17.6 Å². The van der Waals surface area contributed by atoms with Gasteiger partial charge in [0.25, 0.3) is 0 Å². The molecule has 0 amide bonds. The lowest BCUT2D eigenvalue weighted by Crippen LogP contribution is -2.31. The van der Waals surface area contributed by atoms with Crippen molar-refractivity contribution in [2.24, 2.45) is 5.92 Å². The van der Waals surface area contributed by atoms with Gasteiger partial charge in [-0.3, -0.25) is 0 Å². The Morgan fingerprint density at radius 2 is 1.95 bits per heavy atom. The first kappa shape index (κ1) is 14.6. The number of nitrogens with zero attached hydrogens (tertiary/aromatic N) is 2. The van der Waals surface area contributed by atoms with Crippen molar-refractivity contribution in [1.82, 2.24) is 4.98 Å². The molecule has 1 aromatic heterocycles. The Morgan fingerprint density at radius 1 is 1.26 bits per heavy atom. The molecule has 2 nitrogen and oxygen atoms in total. The van der Waals surface area contributed by atoms with Crippen molar-refractivity contribution in [3.63, 3.8) is 0 Å². The Labute approximate surface area is 122 Å². The van der Waals surface area contributed by atoms with Gasteiger partial charge in [0.1, 0.15) is 5.82 Å². The standard InChI is InChI=1S/C16H25ClN2/c1-11(2)10-19(14-5-6-14)16-8-13(9-17)7-15(18-16)12(3)4/h7-8,11-12,14H,5-6,9-10H2,1-4H3. The van der Waals surface area contributed by atoms with E-state index in [9.17, 15) is 0 Å². The average molecular weight is 281 g/mol. The first-order chi connectivity index (χ1) is 9.01. The van der Waals surface area contributed by atoms with E-state index in [4.69, 9.17) is 16.6 Å². The van der Waals surface area contributed by atoms with Crippen molar-refractivity contribution in [3.8, 4) is 0 Å². The highest BCUT2D eigenvalue weighted by molar-refractivity contribution is 6.17. The van der Waals surface area contributed by atoms with Crippen LogP contribution in [0.25, 0.3) is 0 Å². The predicted molar refractivity (Wildman–Crippen MR) is 83.1 cm³/mol. The van der Waals surface area contributed by atoms with Gasteiger partial charge in [0.05, 0.1) is 0 Å². The molecule has 1 aliphatic carbocycles. The van der Waals surface area contributed by atoms with Gasteiger partial charge in [0.15, 0.2) is 0 Å². The summed E-state index contributed by atoms with van der Waals surface area (Å²) in [4.78, 5) is 7.34. The van der Waals surface area contributed by atoms with E-state index >= 15 is 0 Å². The highest BCUT2D eigenvalue weighted by atomic mass is 35.5. The molecule has 2 rings (SSSR count). The molecule has 3 heteroatoms. The number of halogens is 1. The van der Waals surface area contributed by atoms with Crippen LogP contribution in [0.3, 0.4) is 0 Å². The summed E-state index contributed by atoms with van der Waals surface area (Å²) in [5, 5.41) is 0. The van der Waals surface area contributed by atoms with Crippen molar-refractivity contribution in [2.45, 2.75) is 58.4 Å². The van der Waals surface area contributed by atoms with Crippen molar-refractivity contribution in [2.75, 3.05) is 11.4 Å². The second-order valence-electron chi connectivity index (χ2n) is 6.32. The number of hydrogen-bond acceptors (Lipinski definition) is 2. The number of aromatic nitrogens is 1. The Balaban J connectivity index is 2.32. The first-order valence-electron chi connectivity index (χ1n) is 7.34. The van der Waals surface area contributed by atoms with Gasteiger partial charge in [-0.05, 0) is 42.4 Å². The van der Waals surface area contributed by atoms with Crippen LogP contribution in [0.4, 0.5) is 5.82 Å². The second kappa shape index (κ2) is 6.13. The zero-order valence-corrected chi connectivity index (χ0v) is 13.2. The quantitative estimate of drug-likeness (QED) is 0.710. The van der Waals surface area contributed by atoms with Gasteiger partial charge in [0, 0.05) is 24.2 Å². The van der Waals surface area contributed by atoms with Crippen LogP contribution in [0.2, 0.25) is 0 Å². The van der Waals surface area contributed by atoms with Gasteiger partial charge in [-0.15, -0.1) is 11.6 Å².